The molecule has 1 heterocycles. The average molecular weight is 287 g/mol. The third-order valence-corrected chi connectivity index (χ3v) is 3.32. The summed E-state index contributed by atoms with van der Waals surface area (Å²) in [6.45, 7) is 8.79. The van der Waals surface area contributed by atoms with E-state index in [1.54, 1.807) is 0 Å². The molecule has 0 fully saturated rings. The number of aromatic nitrogens is 2. The van der Waals surface area contributed by atoms with Gasteiger partial charge in [0.1, 0.15) is 12.4 Å². The maximum atomic E-state index is 5.97. The molecule has 0 amide bonds. The Morgan fingerprint density at radius 1 is 1.29 bits per heavy atom. The smallest absolute Gasteiger partial charge is 0.130 e. The molecule has 4 nitrogen and oxygen atoms in total. The summed E-state index contributed by atoms with van der Waals surface area (Å²) in [4.78, 5) is 0. The summed E-state index contributed by atoms with van der Waals surface area (Å²) >= 11 is 0. The van der Waals surface area contributed by atoms with Crippen molar-refractivity contribution in [1.82, 2.24) is 15.1 Å². The first kappa shape index (κ1) is 15.6. The molecule has 0 aliphatic heterocycles. The molecular weight excluding hydrogens is 262 g/mol. The van der Waals surface area contributed by atoms with Crippen molar-refractivity contribution in [2.45, 2.75) is 33.9 Å². The highest BCUT2D eigenvalue weighted by Gasteiger charge is 2.06. The molecule has 2 aromatic rings. The Morgan fingerprint density at radius 2 is 2.05 bits per heavy atom. The predicted octanol–water partition coefficient (Wildman–Crippen LogP) is 3.05. The number of hydrogen-bond donors (Lipinski definition) is 1. The molecule has 1 aromatic carbocycles. The number of nitrogens with zero attached hydrogens (tertiary/aromatic N) is 2. The van der Waals surface area contributed by atoms with Crippen molar-refractivity contribution in [3.05, 3.63) is 47.3 Å². The lowest BCUT2D eigenvalue weighted by molar-refractivity contribution is 0.291. The van der Waals surface area contributed by atoms with E-state index in [4.69, 9.17) is 4.74 Å². The van der Waals surface area contributed by atoms with E-state index in [9.17, 15) is 0 Å². The fourth-order valence-electron chi connectivity index (χ4n) is 2.24. The maximum Gasteiger partial charge on any atom is 0.130 e. The molecule has 0 spiro atoms. The summed E-state index contributed by atoms with van der Waals surface area (Å²) in [5, 5.41) is 7.80. The fraction of sp³-hybridized carbons (Fsp3) is 0.471. The molecule has 2 rings (SSSR count). The summed E-state index contributed by atoms with van der Waals surface area (Å²) in [6, 6.07) is 10.2. The van der Waals surface area contributed by atoms with E-state index < -0.39 is 0 Å². The van der Waals surface area contributed by atoms with Crippen molar-refractivity contribution in [2.75, 3.05) is 6.54 Å². The standard InChI is InChI=1S/C17H25N3O/c1-13(2)10-18-11-15-7-5-6-8-17(15)21-12-16-9-14(3)19-20(16)4/h5-9,13,18H,10-12H2,1-4H3. The van der Waals surface area contributed by atoms with Gasteiger partial charge in [-0.2, -0.15) is 5.10 Å². The maximum absolute atomic E-state index is 5.97. The first-order valence-electron chi connectivity index (χ1n) is 7.47. The summed E-state index contributed by atoms with van der Waals surface area (Å²) in [5.41, 5.74) is 3.29. The Balaban J connectivity index is 1.97. The quantitative estimate of drug-likeness (QED) is 0.850. The zero-order valence-corrected chi connectivity index (χ0v) is 13.4. The highest BCUT2D eigenvalue weighted by molar-refractivity contribution is 5.33. The average Bonchev–Trinajstić information content (AvgIpc) is 2.75. The highest BCUT2D eigenvalue weighted by atomic mass is 16.5. The SMILES string of the molecule is Cc1cc(COc2ccccc2CNCC(C)C)n(C)n1. The Morgan fingerprint density at radius 3 is 2.71 bits per heavy atom. The normalized spacial score (nSPS) is 11.1. The van der Waals surface area contributed by atoms with Crippen LogP contribution in [0.2, 0.25) is 0 Å². The fourth-order valence-corrected chi connectivity index (χ4v) is 2.24. The van der Waals surface area contributed by atoms with Gasteiger partial charge in [-0.3, -0.25) is 4.68 Å². The molecule has 0 saturated heterocycles. The topological polar surface area (TPSA) is 39.1 Å². The van der Waals surface area contributed by atoms with Gasteiger partial charge in [0, 0.05) is 19.2 Å². The van der Waals surface area contributed by atoms with Gasteiger partial charge in [-0.15, -0.1) is 0 Å². The van der Waals surface area contributed by atoms with Gasteiger partial charge in [-0.05, 0) is 31.5 Å². The van der Waals surface area contributed by atoms with Gasteiger partial charge in [-0.1, -0.05) is 32.0 Å². The molecule has 0 radical (unpaired) electrons. The van der Waals surface area contributed by atoms with Gasteiger partial charge in [0.2, 0.25) is 0 Å². The van der Waals surface area contributed by atoms with Crippen LogP contribution >= 0.6 is 0 Å². The highest BCUT2D eigenvalue weighted by Crippen LogP contribution is 2.19. The molecule has 0 unspecified atom stereocenters. The van der Waals surface area contributed by atoms with Crippen LogP contribution in [0.25, 0.3) is 0 Å². The molecule has 1 aromatic heterocycles. The number of hydrogen-bond acceptors (Lipinski definition) is 3. The summed E-state index contributed by atoms with van der Waals surface area (Å²) in [5.74, 6) is 1.59. The summed E-state index contributed by atoms with van der Waals surface area (Å²) in [7, 11) is 1.95. The van der Waals surface area contributed by atoms with Gasteiger partial charge in [0.15, 0.2) is 0 Å². The third kappa shape index (κ3) is 4.60. The number of nitrogens with one attached hydrogen (secondary N) is 1. The van der Waals surface area contributed by atoms with Crippen LogP contribution in [0.1, 0.15) is 30.8 Å². The van der Waals surface area contributed by atoms with Crippen LogP contribution < -0.4 is 10.1 Å². The Kier molecular flexibility index (Phi) is 5.39. The second kappa shape index (κ2) is 7.27. The van der Waals surface area contributed by atoms with E-state index in [0.717, 1.165) is 30.2 Å². The van der Waals surface area contributed by atoms with Crippen molar-refractivity contribution in [3.63, 3.8) is 0 Å². The molecule has 0 saturated carbocycles. The Labute approximate surface area is 127 Å². The van der Waals surface area contributed by atoms with E-state index >= 15 is 0 Å². The zero-order chi connectivity index (χ0) is 15.2. The van der Waals surface area contributed by atoms with Crippen LogP contribution in [0.4, 0.5) is 0 Å². The summed E-state index contributed by atoms with van der Waals surface area (Å²) < 4.78 is 7.84. The van der Waals surface area contributed by atoms with Gasteiger partial charge < -0.3 is 10.1 Å². The molecular formula is C17H25N3O. The van der Waals surface area contributed by atoms with Crippen LogP contribution in [-0.4, -0.2) is 16.3 Å². The minimum atomic E-state index is 0.540. The van der Waals surface area contributed by atoms with Gasteiger partial charge in [0.05, 0.1) is 11.4 Å². The van der Waals surface area contributed by atoms with E-state index in [0.29, 0.717) is 12.5 Å². The molecule has 0 atom stereocenters. The van der Waals surface area contributed by atoms with Crippen molar-refractivity contribution >= 4 is 0 Å². The van der Waals surface area contributed by atoms with Crippen LogP contribution in [0.15, 0.2) is 30.3 Å². The van der Waals surface area contributed by atoms with E-state index in [2.05, 4.69) is 36.4 Å². The molecule has 0 bridgehead atoms. The van der Waals surface area contributed by atoms with E-state index in [-0.39, 0.29) is 0 Å². The monoisotopic (exact) mass is 287 g/mol. The molecule has 4 heteroatoms. The minimum absolute atomic E-state index is 0.540. The Bertz CT molecular complexity index is 575. The lowest BCUT2D eigenvalue weighted by Crippen LogP contribution is -2.19. The van der Waals surface area contributed by atoms with Crippen molar-refractivity contribution in [1.29, 1.82) is 0 Å². The second-order valence-corrected chi connectivity index (χ2v) is 5.82. The van der Waals surface area contributed by atoms with Gasteiger partial charge in [-0.25, -0.2) is 0 Å². The van der Waals surface area contributed by atoms with Gasteiger partial charge >= 0.3 is 0 Å². The molecule has 114 valence electrons. The third-order valence-electron chi connectivity index (χ3n) is 3.32. The minimum Gasteiger partial charge on any atom is -0.487 e. The van der Waals surface area contributed by atoms with Crippen LogP contribution in [0, 0.1) is 12.8 Å². The zero-order valence-electron chi connectivity index (χ0n) is 13.4. The number of ether oxygens (including phenoxy) is 1. The molecule has 0 aliphatic carbocycles. The second-order valence-electron chi connectivity index (χ2n) is 5.82. The predicted molar refractivity (Wildman–Crippen MR) is 85.3 cm³/mol. The number of aryl methyl sites for hydroxylation is 2. The van der Waals surface area contributed by atoms with Crippen molar-refractivity contribution in [3.8, 4) is 5.75 Å². The van der Waals surface area contributed by atoms with Crippen LogP contribution in [0.3, 0.4) is 0 Å². The summed E-state index contributed by atoms with van der Waals surface area (Å²) in [6.07, 6.45) is 0. The van der Waals surface area contributed by atoms with Crippen molar-refractivity contribution < 1.29 is 4.74 Å². The molecule has 0 aliphatic rings. The number of benzene rings is 1. The number of para-hydroxylation sites is 1. The van der Waals surface area contributed by atoms with Crippen LogP contribution in [-0.2, 0) is 20.2 Å². The molecule has 21 heavy (non-hydrogen) atoms. The Hall–Kier alpha value is -1.81. The largest absolute Gasteiger partial charge is 0.487 e. The first-order chi connectivity index (χ1) is 10.1. The van der Waals surface area contributed by atoms with E-state index in [1.165, 1.54) is 5.56 Å². The van der Waals surface area contributed by atoms with Crippen molar-refractivity contribution in [2.24, 2.45) is 13.0 Å². The van der Waals surface area contributed by atoms with Crippen LogP contribution in [0.5, 0.6) is 5.75 Å². The van der Waals surface area contributed by atoms with E-state index in [1.807, 2.05) is 36.9 Å². The molecule has 1 N–H and O–H groups in total. The lowest BCUT2D eigenvalue weighted by Gasteiger charge is -2.13. The first-order valence-corrected chi connectivity index (χ1v) is 7.47. The van der Waals surface area contributed by atoms with Gasteiger partial charge in [0.25, 0.3) is 0 Å². The number of rotatable bonds is 7. The lowest BCUT2D eigenvalue weighted by atomic mass is 10.2.